The van der Waals surface area contributed by atoms with Crippen molar-refractivity contribution in [3.05, 3.63) is 29.8 Å². The van der Waals surface area contributed by atoms with E-state index in [9.17, 15) is 0 Å². The molecule has 1 aromatic carbocycles. The van der Waals surface area contributed by atoms with Crippen molar-refractivity contribution in [2.24, 2.45) is 11.7 Å². The van der Waals surface area contributed by atoms with Crippen LogP contribution in [0.25, 0.3) is 0 Å². The zero-order valence-electron chi connectivity index (χ0n) is 10.1. The Morgan fingerprint density at radius 2 is 2.12 bits per heavy atom. The van der Waals surface area contributed by atoms with Crippen molar-refractivity contribution in [3.63, 3.8) is 0 Å². The first-order chi connectivity index (χ1) is 7.63. The molecule has 0 heterocycles. The second-order valence-electron chi connectivity index (χ2n) is 5.22. The summed E-state index contributed by atoms with van der Waals surface area (Å²) in [6, 6.07) is 8.78. The molecule has 1 fully saturated rings. The fourth-order valence-corrected chi connectivity index (χ4v) is 2.11. The Labute approximate surface area is 97.8 Å². The minimum atomic E-state index is 0.337. The van der Waals surface area contributed by atoms with E-state index in [4.69, 9.17) is 10.5 Å². The van der Waals surface area contributed by atoms with Crippen LogP contribution in [0.15, 0.2) is 24.3 Å². The van der Waals surface area contributed by atoms with Gasteiger partial charge in [0.25, 0.3) is 0 Å². The lowest BCUT2D eigenvalue weighted by atomic mass is 9.90. The smallest absolute Gasteiger partial charge is 0.119 e. The third-order valence-corrected chi connectivity index (χ3v) is 2.98. The van der Waals surface area contributed by atoms with Gasteiger partial charge in [-0.25, -0.2) is 0 Å². The standard InChI is InChI=1S/C14H21NO/c1-10(2)6-11-4-3-5-13(7-11)16-14-8-12(15)9-14/h3-5,7,10,12,14H,6,8-9,15H2,1-2H3/t12-,14+. The molecule has 88 valence electrons. The average molecular weight is 219 g/mol. The summed E-state index contributed by atoms with van der Waals surface area (Å²) in [7, 11) is 0. The van der Waals surface area contributed by atoms with Gasteiger partial charge in [0.1, 0.15) is 11.9 Å². The Hall–Kier alpha value is -1.02. The molecule has 1 aliphatic rings. The first-order valence-corrected chi connectivity index (χ1v) is 6.14. The summed E-state index contributed by atoms with van der Waals surface area (Å²) >= 11 is 0. The predicted molar refractivity (Wildman–Crippen MR) is 66.6 cm³/mol. The molecular formula is C14H21NO. The second-order valence-corrected chi connectivity index (χ2v) is 5.22. The monoisotopic (exact) mass is 219 g/mol. The summed E-state index contributed by atoms with van der Waals surface area (Å²) in [5, 5.41) is 0. The van der Waals surface area contributed by atoms with Crippen LogP contribution < -0.4 is 10.5 Å². The molecule has 0 aromatic heterocycles. The van der Waals surface area contributed by atoms with Crippen LogP contribution in [0.2, 0.25) is 0 Å². The van der Waals surface area contributed by atoms with Gasteiger partial charge in [0.05, 0.1) is 0 Å². The maximum Gasteiger partial charge on any atom is 0.119 e. The molecule has 2 N–H and O–H groups in total. The molecule has 0 unspecified atom stereocenters. The van der Waals surface area contributed by atoms with E-state index in [-0.39, 0.29) is 0 Å². The van der Waals surface area contributed by atoms with E-state index in [1.54, 1.807) is 0 Å². The highest BCUT2D eigenvalue weighted by molar-refractivity contribution is 5.29. The van der Waals surface area contributed by atoms with Crippen molar-refractivity contribution in [1.82, 2.24) is 0 Å². The molecule has 0 aliphatic heterocycles. The van der Waals surface area contributed by atoms with Crippen LogP contribution in [0.1, 0.15) is 32.3 Å². The third kappa shape index (κ3) is 2.99. The summed E-state index contributed by atoms with van der Waals surface area (Å²) < 4.78 is 5.86. The van der Waals surface area contributed by atoms with E-state index in [0.29, 0.717) is 18.1 Å². The van der Waals surface area contributed by atoms with Crippen LogP contribution in [-0.2, 0) is 6.42 Å². The normalized spacial score (nSPS) is 24.2. The number of benzene rings is 1. The molecule has 1 aromatic rings. The Morgan fingerprint density at radius 3 is 2.75 bits per heavy atom. The zero-order chi connectivity index (χ0) is 11.5. The maximum absolute atomic E-state index is 5.86. The SMILES string of the molecule is CC(C)Cc1cccc(O[C@H]2C[C@@H](N)C2)c1. The Balaban J connectivity index is 1.93. The van der Waals surface area contributed by atoms with Crippen molar-refractivity contribution in [2.75, 3.05) is 0 Å². The average Bonchev–Trinajstić information content (AvgIpc) is 2.15. The molecule has 1 aliphatic carbocycles. The van der Waals surface area contributed by atoms with E-state index in [1.807, 2.05) is 6.07 Å². The van der Waals surface area contributed by atoms with Crippen LogP contribution in [0, 0.1) is 5.92 Å². The lowest BCUT2D eigenvalue weighted by Crippen LogP contribution is -2.43. The number of nitrogens with two attached hydrogens (primary N) is 1. The molecule has 0 atom stereocenters. The molecule has 1 saturated carbocycles. The topological polar surface area (TPSA) is 35.2 Å². The summed E-state index contributed by atoms with van der Waals surface area (Å²) in [5.74, 6) is 1.68. The minimum Gasteiger partial charge on any atom is -0.490 e. The van der Waals surface area contributed by atoms with Gasteiger partial charge >= 0.3 is 0 Å². The molecule has 2 nitrogen and oxygen atoms in total. The van der Waals surface area contributed by atoms with E-state index >= 15 is 0 Å². The van der Waals surface area contributed by atoms with Gasteiger partial charge in [0.2, 0.25) is 0 Å². The summed E-state index contributed by atoms with van der Waals surface area (Å²) in [6.45, 7) is 4.47. The summed E-state index contributed by atoms with van der Waals surface area (Å²) in [5.41, 5.74) is 7.10. The van der Waals surface area contributed by atoms with Gasteiger partial charge in [-0.15, -0.1) is 0 Å². The second kappa shape index (κ2) is 4.88. The van der Waals surface area contributed by atoms with Gasteiger partial charge in [-0.05, 0) is 42.9 Å². The van der Waals surface area contributed by atoms with Crippen LogP contribution in [0.4, 0.5) is 0 Å². The van der Waals surface area contributed by atoms with Gasteiger partial charge in [0.15, 0.2) is 0 Å². The van der Waals surface area contributed by atoms with Gasteiger partial charge in [-0.1, -0.05) is 26.0 Å². The molecule has 2 heteroatoms. The van der Waals surface area contributed by atoms with Crippen LogP contribution in [0.3, 0.4) is 0 Å². The number of rotatable bonds is 4. The highest BCUT2D eigenvalue weighted by Gasteiger charge is 2.27. The molecule has 0 spiro atoms. The molecule has 16 heavy (non-hydrogen) atoms. The molecule has 0 radical (unpaired) electrons. The first-order valence-electron chi connectivity index (χ1n) is 6.14. The third-order valence-electron chi connectivity index (χ3n) is 2.98. The highest BCUT2D eigenvalue weighted by Crippen LogP contribution is 2.25. The van der Waals surface area contributed by atoms with E-state index in [1.165, 1.54) is 5.56 Å². The Kier molecular flexibility index (Phi) is 3.49. The van der Waals surface area contributed by atoms with Crippen molar-refractivity contribution >= 4 is 0 Å². The van der Waals surface area contributed by atoms with Crippen molar-refractivity contribution in [2.45, 2.75) is 45.3 Å². The molecule has 0 bridgehead atoms. The lowest BCUT2D eigenvalue weighted by molar-refractivity contribution is 0.101. The maximum atomic E-state index is 5.86. The first kappa shape index (κ1) is 11.5. The number of hydrogen-bond donors (Lipinski definition) is 1. The van der Waals surface area contributed by atoms with Gasteiger partial charge < -0.3 is 10.5 Å². The van der Waals surface area contributed by atoms with Gasteiger partial charge in [-0.2, -0.15) is 0 Å². The van der Waals surface area contributed by atoms with Crippen molar-refractivity contribution in [1.29, 1.82) is 0 Å². The Bertz CT molecular complexity index is 342. The molecule has 2 rings (SSSR count). The zero-order valence-corrected chi connectivity index (χ0v) is 10.1. The molecule has 0 amide bonds. The quantitative estimate of drug-likeness (QED) is 0.845. The van der Waals surface area contributed by atoms with Crippen molar-refractivity contribution < 1.29 is 4.74 Å². The molecule has 0 saturated heterocycles. The van der Waals surface area contributed by atoms with Gasteiger partial charge in [-0.3, -0.25) is 0 Å². The number of ether oxygens (including phenoxy) is 1. The van der Waals surface area contributed by atoms with E-state index < -0.39 is 0 Å². The number of hydrogen-bond acceptors (Lipinski definition) is 2. The summed E-state index contributed by atoms with van der Waals surface area (Å²) in [4.78, 5) is 0. The fourth-order valence-electron chi connectivity index (χ4n) is 2.11. The predicted octanol–water partition coefficient (Wildman–Crippen LogP) is 2.75. The minimum absolute atomic E-state index is 0.337. The Morgan fingerprint density at radius 1 is 1.38 bits per heavy atom. The molecular weight excluding hydrogens is 198 g/mol. The van der Waals surface area contributed by atoms with E-state index in [2.05, 4.69) is 32.0 Å². The van der Waals surface area contributed by atoms with Gasteiger partial charge in [0, 0.05) is 6.04 Å². The van der Waals surface area contributed by atoms with E-state index in [0.717, 1.165) is 25.0 Å². The largest absolute Gasteiger partial charge is 0.490 e. The van der Waals surface area contributed by atoms with Crippen LogP contribution in [0.5, 0.6) is 5.75 Å². The van der Waals surface area contributed by atoms with Crippen LogP contribution in [-0.4, -0.2) is 12.1 Å². The fraction of sp³-hybridized carbons (Fsp3) is 0.571. The lowest BCUT2D eigenvalue weighted by Gasteiger charge is -2.32. The highest BCUT2D eigenvalue weighted by atomic mass is 16.5. The van der Waals surface area contributed by atoms with Crippen LogP contribution >= 0.6 is 0 Å². The summed E-state index contributed by atoms with van der Waals surface area (Å²) in [6.07, 6.45) is 3.44. The van der Waals surface area contributed by atoms with Crippen molar-refractivity contribution in [3.8, 4) is 5.75 Å².